The van der Waals surface area contributed by atoms with Gasteiger partial charge in [0.25, 0.3) is 5.91 Å². The van der Waals surface area contributed by atoms with E-state index in [1.807, 2.05) is 6.92 Å². The van der Waals surface area contributed by atoms with E-state index in [-0.39, 0.29) is 18.9 Å². The summed E-state index contributed by atoms with van der Waals surface area (Å²) >= 11 is 0. The highest BCUT2D eigenvalue weighted by atomic mass is 16.4. The third-order valence-electron chi connectivity index (χ3n) is 2.09. The maximum Gasteiger partial charge on any atom is 0.305 e. The summed E-state index contributed by atoms with van der Waals surface area (Å²) in [5.74, 6) is -1.22. The summed E-state index contributed by atoms with van der Waals surface area (Å²) in [6, 6.07) is 3.44. The van der Waals surface area contributed by atoms with Crippen molar-refractivity contribution in [1.29, 1.82) is 0 Å². The van der Waals surface area contributed by atoms with E-state index in [2.05, 4.69) is 10.3 Å². The van der Waals surface area contributed by atoms with Crippen molar-refractivity contribution in [2.45, 2.75) is 20.3 Å². The highest BCUT2D eigenvalue weighted by Gasteiger charge is 2.09. The maximum absolute atomic E-state index is 11.6. The van der Waals surface area contributed by atoms with Crippen LogP contribution in [0.2, 0.25) is 0 Å². The molecule has 1 aromatic rings. The summed E-state index contributed by atoms with van der Waals surface area (Å²) in [6.45, 7) is 3.72. The second-order valence-corrected chi connectivity index (χ2v) is 3.49. The molecule has 0 spiro atoms. The Balaban J connectivity index is 2.63. The number of amides is 1. The number of carboxylic acids is 1. The van der Waals surface area contributed by atoms with Crippen LogP contribution < -0.4 is 5.32 Å². The second-order valence-electron chi connectivity index (χ2n) is 3.49. The number of aliphatic carboxylic acids is 1. The number of rotatable bonds is 4. The Morgan fingerprint density at radius 1 is 1.38 bits per heavy atom. The number of hydrogen-bond acceptors (Lipinski definition) is 3. The van der Waals surface area contributed by atoms with Gasteiger partial charge in [0, 0.05) is 12.2 Å². The van der Waals surface area contributed by atoms with Crippen LogP contribution in [0.1, 0.15) is 28.2 Å². The van der Waals surface area contributed by atoms with Crippen LogP contribution in [0.25, 0.3) is 0 Å². The molecule has 1 aromatic heterocycles. The molecule has 0 bridgehead atoms. The monoisotopic (exact) mass is 222 g/mol. The number of carbonyl (C=O) groups is 2. The number of carboxylic acid groups (broad SMARTS) is 1. The number of nitrogens with one attached hydrogen (secondary N) is 1. The van der Waals surface area contributed by atoms with Gasteiger partial charge in [-0.05, 0) is 26.0 Å². The summed E-state index contributed by atoms with van der Waals surface area (Å²) in [5.41, 5.74) is 1.98. The molecule has 5 nitrogen and oxygen atoms in total. The average Bonchev–Trinajstić information content (AvgIpc) is 2.16. The lowest BCUT2D eigenvalue weighted by molar-refractivity contribution is -0.136. The number of nitrogens with zero attached hydrogens (tertiary/aromatic N) is 1. The summed E-state index contributed by atoms with van der Waals surface area (Å²) in [5, 5.41) is 11.0. The molecular formula is C11H14N2O3. The van der Waals surface area contributed by atoms with Crippen LogP contribution in [0.4, 0.5) is 0 Å². The Bertz CT molecular complexity index is 416. The van der Waals surface area contributed by atoms with Crippen molar-refractivity contribution in [3.63, 3.8) is 0 Å². The molecule has 0 unspecified atom stereocenters. The number of carbonyl (C=O) groups excluding carboxylic acids is 1. The van der Waals surface area contributed by atoms with Crippen LogP contribution in [-0.4, -0.2) is 28.5 Å². The zero-order valence-corrected chi connectivity index (χ0v) is 9.28. The average molecular weight is 222 g/mol. The van der Waals surface area contributed by atoms with Gasteiger partial charge in [0.2, 0.25) is 0 Å². The summed E-state index contributed by atoms with van der Waals surface area (Å²) in [7, 11) is 0. The smallest absolute Gasteiger partial charge is 0.305 e. The van der Waals surface area contributed by atoms with Crippen molar-refractivity contribution in [2.24, 2.45) is 0 Å². The fourth-order valence-corrected chi connectivity index (χ4v) is 1.30. The molecule has 0 aliphatic rings. The molecule has 1 rings (SSSR count). The zero-order valence-electron chi connectivity index (χ0n) is 9.28. The van der Waals surface area contributed by atoms with Gasteiger partial charge in [-0.25, -0.2) is 0 Å². The number of aromatic nitrogens is 1. The minimum atomic E-state index is -0.931. The highest BCUT2D eigenvalue weighted by molar-refractivity contribution is 5.95. The molecular weight excluding hydrogens is 208 g/mol. The lowest BCUT2D eigenvalue weighted by atomic mass is 10.1. The molecule has 0 saturated carbocycles. The minimum Gasteiger partial charge on any atom is -0.481 e. The van der Waals surface area contributed by atoms with Crippen molar-refractivity contribution in [2.75, 3.05) is 6.54 Å². The molecule has 0 saturated heterocycles. The Kier molecular flexibility index (Phi) is 3.99. The molecule has 86 valence electrons. The summed E-state index contributed by atoms with van der Waals surface area (Å²) in [4.78, 5) is 26.0. The van der Waals surface area contributed by atoms with Crippen LogP contribution in [-0.2, 0) is 4.79 Å². The van der Waals surface area contributed by atoms with Crippen LogP contribution in [0.15, 0.2) is 12.1 Å². The van der Waals surface area contributed by atoms with Gasteiger partial charge in [0.1, 0.15) is 0 Å². The van der Waals surface area contributed by atoms with E-state index in [9.17, 15) is 9.59 Å². The molecule has 2 N–H and O–H groups in total. The summed E-state index contributed by atoms with van der Waals surface area (Å²) in [6.07, 6.45) is -0.0793. The first-order valence-electron chi connectivity index (χ1n) is 4.95. The van der Waals surface area contributed by atoms with Crippen molar-refractivity contribution in [1.82, 2.24) is 10.3 Å². The lowest BCUT2D eigenvalue weighted by Gasteiger charge is -2.06. The van der Waals surface area contributed by atoms with Crippen molar-refractivity contribution in [3.8, 4) is 0 Å². The lowest BCUT2D eigenvalue weighted by Crippen LogP contribution is -2.26. The molecule has 1 amide bonds. The van der Waals surface area contributed by atoms with Gasteiger partial charge < -0.3 is 10.4 Å². The van der Waals surface area contributed by atoms with E-state index in [0.29, 0.717) is 11.3 Å². The first-order chi connectivity index (χ1) is 7.50. The van der Waals surface area contributed by atoms with Crippen molar-refractivity contribution >= 4 is 11.9 Å². The number of aryl methyl sites for hydroxylation is 2. The topological polar surface area (TPSA) is 79.3 Å². The summed E-state index contributed by atoms with van der Waals surface area (Å²) < 4.78 is 0. The van der Waals surface area contributed by atoms with E-state index in [1.165, 1.54) is 0 Å². The second kappa shape index (κ2) is 5.25. The third kappa shape index (κ3) is 3.34. The molecule has 0 atom stereocenters. The van der Waals surface area contributed by atoms with Crippen LogP contribution >= 0.6 is 0 Å². The van der Waals surface area contributed by atoms with E-state index in [1.54, 1.807) is 19.1 Å². The molecule has 0 aliphatic heterocycles. The Morgan fingerprint density at radius 3 is 2.62 bits per heavy atom. The fraction of sp³-hybridized carbons (Fsp3) is 0.364. The van der Waals surface area contributed by atoms with Gasteiger partial charge in [-0.2, -0.15) is 0 Å². The molecule has 0 aromatic carbocycles. The van der Waals surface area contributed by atoms with Crippen molar-refractivity contribution in [3.05, 3.63) is 29.1 Å². The molecule has 0 aliphatic carbocycles. The van der Waals surface area contributed by atoms with Gasteiger partial charge in [0.05, 0.1) is 17.7 Å². The van der Waals surface area contributed by atoms with Crippen LogP contribution in [0.5, 0.6) is 0 Å². The highest BCUT2D eigenvalue weighted by Crippen LogP contribution is 2.05. The number of pyridine rings is 1. The Morgan fingerprint density at radius 2 is 2.06 bits per heavy atom. The van der Waals surface area contributed by atoms with Gasteiger partial charge in [0.15, 0.2) is 0 Å². The molecule has 5 heteroatoms. The van der Waals surface area contributed by atoms with E-state index in [0.717, 1.165) is 5.69 Å². The van der Waals surface area contributed by atoms with E-state index >= 15 is 0 Å². The van der Waals surface area contributed by atoms with Crippen LogP contribution in [0, 0.1) is 13.8 Å². The van der Waals surface area contributed by atoms with Gasteiger partial charge in [-0.15, -0.1) is 0 Å². The van der Waals surface area contributed by atoms with Gasteiger partial charge in [-0.3, -0.25) is 14.6 Å². The standard InChI is InChI=1S/C11H14N2O3/c1-7-3-4-9(8(2)13-7)11(16)12-6-5-10(14)15/h3-4H,5-6H2,1-2H3,(H,12,16)(H,14,15). The normalized spacial score (nSPS) is 9.88. The van der Waals surface area contributed by atoms with E-state index < -0.39 is 5.97 Å². The number of hydrogen-bond donors (Lipinski definition) is 2. The third-order valence-corrected chi connectivity index (χ3v) is 2.09. The largest absolute Gasteiger partial charge is 0.481 e. The molecule has 0 radical (unpaired) electrons. The minimum absolute atomic E-state index is 0.0793. The fourth-order valence-electron chi connectivity index (χ4n) is 1.30. The van der Waals surface area contributed by atoms with Gasteiger partial charge in [-0.1, -0.05) is 0 Å². The quantitative estimate of drug-likeness (QED) is 0.793. The maximum atomic E-state index is 11.6. The Labute approximate surface area is 93.5 Å². The predicted molar refractivity (Wildman–Crippen MR) is 58.3 cm³/mol. The Hall–Kier alpha value is -1.91. The molecule has 16 heavy (non-hydrogen) atoms. The van der Waals surface area contributed by atoms with Crippen molar-refractivity contribution < 1.29 is 14.7 Å². The SMILES string of the molecule is Cc1ccc(C(=O)NCCC(=O)O)c(C)n1. The first-order valence-corrected chi connectivity index (χ1v) is 4.95. The molecule has 0 fully saturated rings. The van der Waals surface area contributed by atoms with E-state index in [4.69, 9.17) is 5.11 Å². The first kappa shape index (κ1) is 12.2. The molecule has 1 heterocycles. The predicted octanol–water partition coefficient (Wildman–Crippen LogP) is 0.903. The van der Waals surface area contributed by atoms with Gasteiger partial charge >= 0.3 is 5.97 Å². The van der Waals surface area contributed by atoms with Crippen LogP contribution in [0.3, 0.4) is 0 Å². The zero-order chi connectivity index (χ0) is 12.1.